The molecule has 0 fully saturated rings. The van der Waals surface area contributed by atoms with Crippen molar-refractivity contribution in [2.45, 2.75) is 45.8 Å². The fourth-order valence-electron chi connectivity index (χ4n) is 0.725. The summed E-state index contributed by atoms with van der Waals surface area (Å²) in [7, 11) is 1.39. The van der Waals surface area contributed by atoms with Crippen LogP contribution in [0.15, 0.2) is 11.7 Å². The minimum Gasteiger partial charge on any atom is -0.517 e. The quantitative estimate of drug-likeness (QED) is 0.548. The first kappa shape index (κ1) is 14.4. The molecule has 90 valence electrons. The van der Waals surface area contributed by atoms with Crippen LogP contribution in [0.4, 0.5) is 0 Å². The minimum absolute atomic E-state index is 0.158. The summed E-state index contributed by atoms with van der Waals surface area (Å²) in [6.07, 6.45) is 0. The van der Waals surface area contributed by atoms with Crippen molar-refractivity contribution < 1.29 is 13.9 Å². The highest BCUT2D eigenvalue weighted by Crippen LogP contribution is 2.38. The molecule has 0 atom stereocenters. The fraction of sp³-hybridized carbons (Fsp3) is 0.818. The van der Waals surface area contributed by atoms with Crippen LogP contribution in [0.2, 0.25) is 18.1 Å². The lowest BCUT2D eigenvalue weighted by Gasteiger charge is -2.36. The summed E-state index contributed by atoms with van der Waals surface area (Å²) < 4.78 is 16.3. The van der Waals surface area contributed by atoms with E-state index in [9.17, 15) is 0 Å². The molecule has 0 bridgehead atoms. The molecule has 0 amide bonds. The van der Waals surface area contributed by atoms with Gasteiger partial charge in [-0.15, -0.1) is 0 Å². The van der Waals surface area contributed by atoms with Crippen molar-refractivity contribution in [2.24, 2.45) is 0 Å². The monoisotopic (exact) mass is 232 g/mol. The molecule has 0 rings (SSSR count). The summed E-state index contributed by atoms with van der Waals surface area (Å²) in [5.74, 6) is 1.19. The van der Waals surface area contributed by atoms with Gasteiger partial charge in [0.25, 0.3) is 8.32 Å². The molecule has 3 nitrogen and oxygen atoms in total. The van der Waals surface area contributed by atoms with E-state index >= 15 is 0 Å². The Morgan fingerprint density at radius 1 is 1.00 bits per heavy atom. The van der Waals surface area contributed by atoms with E-state index in [1.807, 2.05) is 6.92 Å². The maximum atomic E-state index is 5.98. The molecule has 0 aliphatic heterocycles. The maximum absolute atomic E-state index is 5.98. The second-order valence-electron chi connectivity index (χ2n) is 5.11. The standard InChI is InChI=1S/C11H24O3Si/c1-9(12-5)10(13-6)14-15(7,8)11(2,3)4/h1-8H3/b10-9-. The Morgan fingerprint density at radius 3 is 1.73 bits per heavy atom. The summed E-state index contributed by atoms with van der Waals surface area (Å²) in [5.41, 5.74) is 0. The average molecular weight is 232 g/mol. The molecule has 0 aromatic heterocycles. The van der Waals surface area contributed by atoms with E-state index in [0.29, 0.717) is 11.7 Å². The highest BCUT2D eigenvalue weighted by atomic mass is 28.4. The maximum Gasteiger partial charge on any atom is 0.304 e. The van der Waals surface area contributed by atoms with Crippen molar-refractivity contribution >= 4 is 8.32 Å². The van der Waals surface area contributed by atoms with Gasteiger partial charge in [-0.1, -0.05) is 20.8 Å². The number of rotatable bonds is 4. The third-order valence-electron chi connectivity index (χ3n) is 2.93. The predicted octanol–water partition coefficient (Wildman–Crippen LogP) is 3.49. The molecule has 0 saturated heterocycles. The number of methoxy groups -OCH3 is 2. The third-order valence-corrected chi connectivity index (χ3v) is 7.24. The molecular formula is C11H24O3Si. The van der Waals surface area contributed by atoms with Gasteiger partial charge in [0, 0.05) is 6.92 Å². The van der Waals surface area contributed by atoms with Crippen LogP contribution in [-0.4, -0.2) is 22.5 Å². The van der Waals surface area contributed by atoms with Gasteiger partial charge in [-0.3, -0.25) is 0 Å². The lowest BCUT2D eigenvalue weighted by Crippen LogP contribution is -2.40. The van der Waals surface area contributed by atoms with Crippen LogP contribution in [0.25, 0.3) is 0 Å². The van der Waals surface area contributed by atoms with Crippen molar-refractivity contribution in [3.05, 3.63) is 11.7 Å². The Morgan fingerprint density at radius 2 is 1.47 bits per heavy atom. The summed E-state index contributed by atoms with van der Waals surface area (Å²) in [6, 6.07) is 0. The summed E-state index contributed by atoms with van der Waals surface area (Å²) in [6.45, 7) is 12.8. The van der Waals surface area contributed by atoms with E-state index in [1.54, 1.807) is 14.2 Å². The molecule has 0 spiro atoms. The molecule has 0 aliphatic rings. The van der Waals surface area contributed by atoms with Gasteiger partial charge < -0.3 is 13.9 Å². The van der Waals surface area contributed by atoms with Crippen molar-refractivity contribution in [2.75, 3.05) is 14.2 Å². The fourth-order valence-corrected chi connectivity index (χ4v) is 1.72. The van der Waals surface area contributed by atoms with Gasteiger partial charge in [-0.25, -0.2) is 0 Å². The second kappa shape index (κ2) is 4.92. The molecule has 0 aliphatic carbocycles. The van der Waals surface area contributed by atoms with Gasteiger partial charge in [0.15, 0.2) is 5.76 Å². The van der Waals surface area contributed by atoms with E-state index in [4.69, 9.17) is 13.9 Å². The lowest BCUT2D eigenvalue weighted by molar-refractivity contribution is 0.108. The van der Waals surface area contributed by atoms with Crippen LogP contribution in [0.5, 0.6) is 0 Å². The summed E-state index contributed by atoms with van der Waals surface area (Å²) in [4.78, 5) is 0. The molecular weight excluding hydrogens is 208 g/mol. The highest BCUT2D eigenvalue weighted by Gasteiger charge is 2.40. The molecule has 0 heterocycles. The normalized spacial score (nSPS) is 14.4. The van der Waals surface area contributed by atoms with Crippen molar-refractivity contribution in [3.63, 3.8) is 0 Å². The van der Waals surface area contributed by atoms with Crippen LogP contribution in [0.3, 0.4) is 0 Å². The van der Waals surface area contributed by atoms with Gasteiger partial charge in [0.2, 0.25) is 0 Å². The molecule has 0 N–H and O–H groups in total. The van der Waals surface area contributed by atoms with Crippen LogP contribution >= 0.6 is 0 Å². The second-order valence-corrected chi connectivity index (χ2v) is 9.84. The lowest BCUT2D eigenvalue weighted by atomic mass is 10.2. The summed E-state index contributed by atoms with van der Waals surface area (Å²) in [5, 5.41) is 0.158. The largest absolute Gasteiger partial charge is 0.517 e. The zero-order valence-corrected chi connectivity index (χ0v) is 12.2. The van der Waals surface area contributed by atoms with E-state index in [-0.39, 0.29) is 5.04 Å². The van der Waals surface area contributed by atoms with E-state index in [2.05, 4.69) is 33.9 Å². The van der Waals surface area contributed by atoms with Crippen molar-refractivity contribution in [3.8, 4) is 0 Å². The first-order chi connectivity index (χ1) is 6.65. The van der Waals surface area contributed by atoms with E-state index < -0.39 is 8.32 Å². The molecule has 0 unspecified atom stereocenters. The Kier molecular flexibility index (Phi) is 4.71. The third kappa shape index (κ3) is 3.78. The first-order valence-electron chi connectivity index (χ1n) is 5.13. The van der Waals surface area contributed by atoms with Crippen molar-refractivity contribution in [1.82, 2.24) is 0 Å². The van der Waals surface area contributed by atoms with Gasteiger partial charge in [0.1, 0.15) is 0 Å². The molecule has 0 aromatic rings. The van der Waals surface area contributed by atoms with E-state index in [1.165, 1.54) is 0 Å². The number of allylic oxidation sites excluding steroid dienone is 1. The smallest absolute Gasteiger partial charge is 0.304 e. The zero-order valence-electron chi connectivity index (χ0n) is 11.2. The molecule has 0 saturated carbocycles. The predicted molar refractivity (Wildman–Crippen MR) is 65.0 cm³/mol. The Hall–Kier alpha value is -0.643. The van der Waals surface area contributed by atoms with Gasteiger partial charge in [-0.05, 0) is 18.1 Å². The Bertz CT molecular complexity index is 239. The van der Waals surface area contributed by atoms with Crippen LogP contribution in [-0.2, 0) is 13.9 Å². The topological polar surface area (TPSA) is 27.7 Å². The van der Waals surface area contributed by atoms with Crippen molar-refractivity contribution in [1.29, 1.82) is 0 Å². The number of hydrogen-bond donors (Lipinski definition) is 0. The zero-order chi connectivity index (χ0) is 12.3. The SMILES string of the molecule is CO/C(C)=C(/OC)O[Si](C)(C)C(C)(C)C. The molecule has 15 heavy (non-hydrogen) atoms. The van der Waals surface area contributed by atoms with Crippen LogP contribution < -0.4 is 0 Å². The van der Waals surface area contributed by atoms with Gasteiger partial charge in [-0.2, -0.15) is 0 Å². The average Bonchev–Trinajstić information content (AvgIpc) is 2.11. The number of ether oxygens (including phenoxy) is 2. The number of hydrogen-bond acceptors (Lipinski definition) is 3. The highest BCUT2D eigenvalue weighted by molar-refractivity contribution is 6.74. The first-order valence-corrected chi connectivity index (χ1v) is 8.04. The van der Waals surface area contributed by atoms with Gasteiger partial charge in [0.05, 0.1) is 14.2 Å². The van der Waals surface area contributed by atoms with Crippen LogP contribution in [0, 0.1) is 0 Å². The molecule has 4 heteroatoms. The van der Waals surface area contributed by atoms with Gasteiger partial charge >= 0.3 is 5.95 Å². The summed E-state index contributed by atoms with van der Waals surface area (Å²) >= 11 is 0. The Balaban J connectivity index is 4.85. The van der Waals surface area contributed by atoms with Crippen LogP contribution in [0.1, 0.15) is 27.7 Å². The molecule has 0 radical (unpaired) electrons. The molecule has 0 aromatic carbocycles. The van der Waals surface area contributed by atoms with E-state index in [0.717, 1.165) is 0 Å². The Labute approximate surface area is 94.5 Å². The minimum atomic E-state index is -1.83.